The molecule has 0 radical (unpaired) electrons. The van der Waals surface area contributed by atoms with Crippen molar-refractivity contribution >= 4 is 0 Å². The molecule has 1 unspecified atom stereocenters. The fraction of sp³-hybridized carbons (Fsp3) is 1.00. The highest BCUT2D eigenvalue weighted by Gasteiger charge is 2.49. The molecule has 3 heteroatoms. The normalized spacial score (nSPS) is 45.7. The summed E-state index contributed by atoms with van der Waals surface area (Å²) in [6.45, 7) is 1.54. The predicted molar refractivity (Wildman–Crippen MR) is 50.3 cm³/mol. The van der Waals surface area contributed by atoms with Crippen molar-refractivity contribution < 1.29 is 9.84 Å². The van der Waals surface area contributed by atoms with Crippen molar-refractivity contribution in [1.29, 1.82) is 0 Å². The van der Waals surface area contributed by atoms with E-state index in [2.05, 4.69) is 0 Å². The minimum Gasteiger partial charge on any atom is -0.393 e. The zero-order valence-corrected chi connectivity index (χ0v) is 8.04. The third-order valence-corrected chi connectivity index (χ3v) is 3.55. The minimum absolute atomic E-state index is 0.111. The van der Waals surface area contributed by atoms with Crippen molar-refractivity contribution in [2.75, 3.05) is 13.2 Å². The van der Waals surface area contributed by atoms with Crippen LogP contribution in [0.4, 0.5) is 0 Å². The first-order valence-electron chi connectivity index (χ1n) is 5.26. The number of ether oxygens (including phenoxy) is 1. The van der Waals surface area contributed by atoms with Gasteiger partial charge in [0.05, 0.1) is 12.2 Å². The van der Waals surface area contributed by atoms with Crippen LogP contribution in [0.15, 0.2) is 0 Å². The molecule has 13 heavy (non-hydrogen) atoms. The standard InChI is InChI=1S/C10H19NO2/c11-7-10(5-8(12)6-10)9-3-1-2-4-13-9/h8-9,12H,1-7,11H2. The Balaban J connectivity index is 1.95. The Labute approximate surface area is 79.3 Å². The van der Waals surface area contributed by atoms with E-state index in [-0.39, 0.29) is 11.5 Å². The van der Waals surface area contributed by atoms with E-state index in [0.29, 0.717) is 12.6 Å². The van der Waals surface area contributed by atoms with Crippen molar-refractivity contribution in [1.82, 2.24) is 0 Å². The largest absolute Gasteiger partial charge is 0.393 e. The average Bonchev–Trinajstić information content (AvgIpc) is 2.14. The van der Waals surface area contributed by atoms with Crippen LogP contribution < -0.4 is 5.73 Å². The van der Waals surface area contributed by atoms with Gasteiger partial charge in [-0.3, -0.25) is 0 Å². The van der Waals surface area contributed by atoms with Crippen molar-refractivity contribution in [2.24, 2.45) is 11.1 Å². The summed E-state index contributed by atoms with van der Waals surface area (Å²) in [6.07, 6.45) is 5.43. The highest BCUT2D eigenvalue weighted by molar-refractivity contribution is 5.00. The number of aliphatic hydroxyl groups is 1. The van der Waals surface area contributed by atoms with Gasteiger partial charge in [-0.15, -0.1) is 0 Å². The van der Waals surface area contributed by atoms with E-state index in [9.17, 15) is 5.11 Å². The molecule has 1 atom stereocenters. The lowest BCUT2D eigenvalue weighted by Gasteiger charge is -2.50. The van der Waals surface area contributed by atoms with E-state index in [4.69, 9.17) is 10.5 Å². The van der Waals surface area contributed by atoms with Crippen LogP contribution in [0.25, 0.3) is 0 Å². The molecular weight excluding hydrogens is 166 g/mol. The Hall–Kier alpha value is -0.120. The molecule has 1 aliphatic carbocycles. The fourth-order valence-electron chi connectivity index (χ4n) is 2.66. The van der Waals surface area contributed by atoms with Crippen LogP contribution in [0.1, 0.15) is 32.1 Å². The van der Waals surface area contributed by atoms with E-state index in [1.807, 2.05) is 0 Å². The fourth-order valence-corrected chi connectivity index (χ4v) is 2.66. The van der Waals surface area contributed by atoms with Gasteiger partial charge < -0.3 is 15.6 Å². The van der Waals surface area contributed by atoms with Crippen molar-refractivity contribution in [3.63, 3.8) is 0 Å². The maximum absolute atomic E-state index is 9.33. The lowest BCUT2D eigenvalue weighted by molar-refractivity contribution is -0.142. The van der Waals surface area contributed by atoms with Crippen LogP contribution in [-0.2, 0) is 4.74 Å². The maximum atomic E-state index is 9.33. The Morgan fingerprint density at radius 3 is 2.62 bits per heavy atom. The first kappa shape index (κ1) is 9.44. The Morgan fingerprint density at radius 2 is 2.15 bits per heavy atom. The van der Waals surface area contributed by atoms with E-state index >= 15 is 0 Å². The van der Waals surface area contributed by atoms with Gasteiger partial charge in [0.15, 0.2) is 0 Å². The Morgan fingerprint density at radius 1 is 1.38 bits per heavy atom. The summed E-state index contributed by atoms with van der Waals surface area (Å²) in [6, 6.07) is 0. The van der Waals surface area contributed by atoms with Gasteiger partial charge in [0.25, 0.3) is 0 Å². The van der Waals surface area contributed by atoms with Crippen LogP contribution in [0, 0.1) is 5.41 Å². The Kier molecular flexibility index (Phi) is 2.58. The number of nitrogens with two attached hydrogens (primary N) is 1. The molecule has 1 heterocycles. The molecule has 1 saturated heterocycles. The van der Waals surface area contributed by atoms with Crippen LogP contribution in [-0.4, -0.2) is 30.5 Å². The summed E-state index contributed by atoms with van der Waals surface area (Å²) < 4.78 is 5.73. The van der Waals surface area contributed by atoms with Gasteiger partial charge in [-0.2, -0.15) is 0 Å². The van der Waals surface area contributed by atoms with Crippen molar-refractivity contribution in [3.8, 4) is 0 Å². The van der Waals surface area contributed by atoms with Gasteiger partial charge in [-0.1, -0.05) is 0 Å². The predicted octanol–water partition coefficient (Wildman–Crippen LogP) is 0.655. The van der Waals surface area contributed by atoms with Gasteiger partial charge in [0, 0.05) is 18.6 Å². The number of hydrogen-bond donors (Lipinski definition) is 2. The maximum Gasteiger partial charge on any atom is 0.0645 e. The lowest BCUT2D eigenvalue weighted by Crippen LogP contribution is -2.55. The third kappa shape index (κ3) is 1.60. The van der Waals surface area contributed by atoms with Crippen LogP contribution in [0.5, 0.6) is 0 Å². The zero-order valence-electron chi connectivity index (χ0n) is 8.04. The summed E-state index contributed by atoms with van der Waals surface area (Å²) in [7, 11) is 0. The van der Waals surface area contributed by atoms with Gasteiger partial charge in [-0.25, -0.2) is 0 Å². The van der Waals surface area contributed by atoms with Crippen LogP contribution >= 0.6 is 0 Å². The van der Waals surface area contributed by atoms with E-state index in [1.165, 1.54) is 12.8 Å². The van der Waals surface area contributed by atoms with Gasteiger partial charge in [0.2, 0.25) is 0 Å². The molecule has 76 valence electrons. The van der Waals surface area contributed by atoms with Gasteiger partial charge in [0.1, 0.15) is 0 Å². The van der Waals surface area contributed by atoms with Crippen LogP contribution in [0.3, 0.4) is 0 Å². The molecule has 0 bridgehead atoms. The molecule has 0 spiro atoms. The minimum atomic E-state index is -0.130. The molecule has 0 aromatic carbocycles. The molecule has 1 saturated carbocycles. The van der Waals surface area contributed by atoms with E-state index in [1.54, 1.807) is 0 Å². The quantitative estimate of drug-likeness (QED) is 0.664. The summed E-state index contributed by atoms with van der Waals surface area (Å²) in [5.41, 5.74) is 5.88. The molecule has 0 amide bonds. The third-order valence-electron chi connectivity index (χ3n) is 3.55. The highest BCUT2D eigenvalue weighted by Crippen LogP contribution is 2.46. The summed E-state index contributed by atoms with van der Waals surface area (Å²) >= 11 is 0. The second-order valence-corrected chi connectivity index (χ2v) is 4.48. The van der Waals surface area contributed by atoms with Crippen molar-refractivity contribution in [2.45, 2.75) is 44.3 Å². The molecule has 0 aromatic rings. The molecule has 2 fully saturated rings. The highest BCUT2D eigenvalue weighted by atomic mass is 16.5. The summed E-state index contributed by atoms with van der Waals surface area (Å²) in [5.74, 6) is 0. The molecule has 2 aliphatic rings. The first-order valence-corrected chi connectivity index (χ1v) is 5.26. The van der Waals surface area contributed by atoms with Crippen molar-refractivity contribution in [3.05, 3.63) is 0 Å². The monoisotopic (exact) mass is 185 g/mol. The lowest BCUT2D eigenvalue weighted by atomic mass is 9.62. The SMILES string of the molecule is NCC1(C2CCCCO2)CC(O)C1. The zero-order chi connectivity index (χ0) is 9.31. The molecular formula is C10H19NO2. The number of aliphatic hydroxyl groups excluding tert-OH is 1. The summed E-state index contributed by atoms with van der Waals surface area (Å²) in [5, 5.41) is 9.33. The average molecular weight is 185 g/mol. The van der Waals surface area contributed by atoms with E-state index < -0.39 is 0 Å². The smallest absolute Gasteiger partial charge is 0.0645 e. The van der Waals surface area contributed by atoms with Gasteiger partial charge >= 0.3 is 0 Å². The molecule has 3 N–H and O–H groups in total. The van der Waals surface area contributed by atoms with E-state index in [0.717, 1.165) is 25.9 Å². The second-order valence-electron chi connectivity index (χ2n) is 4.48. The topological polar surface area (TPSA) is 55.5 Å². The van der Waals surface area contributed by atoms with Gasteiger partial charge in [-0.05, 0) is 32.1 Å². The summed E-state index contributed by atoms with van der Waals surface area (Å²) in [4.78, 5) is 0. The Bertz CT molecular complexity index is 172. The second kappa shape index (κ2) is 3.56. The molecule has 3 nitrogen and oxygen atoms in total. The van der Waals surface area contributed by atoms with Crippen LogP contribution in [0.2, 0.25) is 0 Å². The molecule has 2 rings (SSSR count). The first-order chi connectivity index (χ1) is 6.27. The molecule has 0 aromatic heterocycles. The molecule has 1 aliphatic heterocycles. The number of hydrogen-bond acceptors (Lipinski definition) is 3. The number of rotatable bonds is 2.